The Morgan fingerprint density at radius 1 is 1.21 bits per heavy atom. The molecule has 104 valence electrons. The summed E-state index contributed by atoms with van der Waals surface area (Å²) in [6.45, 7) is 3.60. The highest BCUT2D eigenvalue weighted by Gasteiger charge is 2.47. The van der Waals surface area contributed by atoms with Crippen molar-refractivity contribution < 1.29 is 18.7 Å². The van der Waals surface area contributed by atoms with Crippen molar-refractivity contribution in [2.24, 2.45) is 5.92 Å². The maximum absolute atomic E-state index is 13.9. The van der Waals surface area contributed by atoms with Crippen molar-refractivity contribution in [2.75, 3.05) is 0 Å². The summed E-state index contributed by atoms with van der Waals surface area (Å²) in [4.78, 5) is 10.8. The van der Waals surface area contributed by atoms with Crippen LogP contribution in [0, 0.1) is 5.92 Å². The summed E-state index contributed by atoms with van der Waals surface area (Å²) in [7, 11) is 0. The second-order valence-electron chi connectivity index (χ2n) is 5.93. The van der Waals surface area contributed by atoms with Crippen LogP contribution in [0.2, 0.25) is 0 Å². The molecule has 0 bridgehead atoms. The van der Waals surface area contributed by atoms with Crippen LogP contribution in [-0.4, -0.2) is 11.1 Å². The van der Waals surface area contributed by atoms with Crippen molar-refractivity contribution in [3.8, 4) is 0 Å². The van der Waals surface area contributed by atoms with Gasteiger partial charge in [-0.15, -0.1) is 0 Å². The highest BCUT2D eigenvalue weighted by Crippen LogP contribution is 2.49. The normalized spacial score (nSPS) is 16.4. The number of alkyl halides is 2. The van der Waals surface area contributed by atoms with E-state index in [2.05, 4.69) is 0 Å². The van der Waals surface area contributed by atoms with Gasteiger partial charge in [0.05, 0.1) is 6.42 Å². The summed E-state index contributed by atoms with van der Waals surface area (Å²) in [5.74, 6) is -4.17. The van der Waals surface area contributed by atoms with Crippen molar-refractivity contribution in [1.82, 2.24) is 0 Å². The summed E-state index contributed by atoms with van der Waals surface area (Å²) in [6.07, 6.45) is 1.14. The molecule has 0 heterocycles. The second kappa shape index (κ2) is 4.58. The summed E-state index contributed by atoms with van der Waals surface area (Å²) < 4.78 is 27.8. The first kappa shape index (κ1) is 14.0. The van der Waals surface area contributed by atoms with Gasteiger partial charge in [-0.05, 0) is 18.4 Å². The molecular weight excluding hydrogens is 250 g/mol. The van der Waals surface area contributed by atoms with E-state index in [0.29, 0.717) is 12.8 Å². The molecule has 0 unspecified atom stereocenters. The maximum atomic E-state index is 13.9. The highest BCUT2D eigenvalue weighted by molar-refractivity contribution is 5.68. The lowest BCUT2D eigenvalue weighted by atomic mass is 9.81. The number of carboxylic acid groups (broad SMARTS) is 1. The molecule has 0 amide bonds. The third kappa shape index (κ3) is 2.94. The summed E-state index contributed by atoms with van der Waals surface area (Å²) in [5.41, 5.74) is 0.245. The molecule has 2 nitrogen and oxygen atoms in total. The average molecular weight is 268 g/mol. The monoisotopic (exact) mass is 268 g/mol. The Bertz CT molecular complexity index is 473. The Hall–Kier alpha value is -1.45. The standard InChI is InChI=1S/C15H18F2O2/c1-14(2,9-13(18)19)10-3-5-11(6-4-10)15(16,17)12-7-8-12/h3-6,12H,7-9H2,1-2H3,(H,18,19). The molecule has 1 N–H and O–H groups in total. The van der Waals surface area contributed by atoms with Gasteiger partial charge >= 0.3 is 5.97 Å². The van der Waals surface area contributed by atoms with Crippen LogP contribution in [0.1, 0.15) is 44.2 Å². The van der Waals surface area contributed by atoms with E-state index in [1.165, 1.54) is 12.1 Å². The molecule has 0 atom stereocenters. The van der Waals surface area contributed by atoms with Crippen LogP contribution in [0.4, 0.5) is 8.78 Å². The lowest BCUT2D eigenvalue weighted by Gasteiger charge is -2.24. The molecule has 0 saturated heterocycles. The zero-order chi connectivity index (χ0) is 14.3. The molecule has 1 saturated carbocycles. The van der Waals surface area contributed by atoms with Gasteiger partial charge in [0.1, 0.15) is 0 Å². The molecule has 1 aliphatic carbocycles. The molecule has 1 aromatic rings. The molecule has 2 rings (SSSR count). The molecular formula is C15H18F2O2. The van der Waals surface area contributed by atoms with Gasteiger partial charge in [0.25, 0.3) is 5.92 Å². The number of aliphatic carboxylic acids is 1. The van der Waals surface area contributed by atoms with Crippen molar-refractivity contribution in [2.45, 2.75) is 44.4 Å². The van der Waals surface area contributed by atoms with Gasteiger partial charge in [-0.25, -0.2) is 8.78 Å². The van der Waals surface area contributed by atoms with Crippen LogP contribution in [0.5, 0.6) is 0 Å². The van der Waals surface area contributed by atoms with Crippen LogP contribution in [0.3, 0.4) is 0 Å². The number of rotatable bonds is 5. The predicted molar refractivity (Wildman–Crippen MR) is 68.3 cm³/mol. The van der Waals surface area contributed by atoms with Gasteiger partial charge in [0, 0.05) is 16.9 Å². The number of hydrogen-bond acceptors (Lipinski definition) is 1. The fourth-order valence-corrected chi connectivity index (χ4v) is 2.31. The first-order valence-corrected chi connectivity index (χ1v) is 6.44. The van der Waals surface area contributed by atoms with E-state index in [4.69, 9.17) is 5.11 Å². The minimum absolute atomic E-state index is 0.0225. The SMILES string of the molecule is CC(C)(CC(=O)O)c1ccc(C(F)(F)C2CC2)cc1. The molecule has 19 heavy (non-hydrogen) atoms. The van der Waals surface area contributed by atoms with E-state index in [1.54, 1.807) is 26.0 Å². The first-order valence-electron chi connectivity index (χ1n) is 6.44. The topological polar surface area (TPSA) is 37.3 Å². The zero-order valence-corrected chi connectivity index (χ0v) is 11.1. The molecule has 1 aromatic carbocycles. The maximum Gasteiger partial charge on any atom is 0.304 e. The minimum atomic E-state index is -2.75. The largest absolute Gasteiger partial charge is 0.481 e. The molecule has 0 aromatic heterocycles. The van der Waals surface area contributed by atoms with Crippen LogP contribution in [0.15, 0.2) is 24.3 Å². The van der Waals surface area contributed by atoms with Crippen molar-refractivity contribution in [1.29, 1.82) is 0 Å². The molecule has 1 aliphatic rings. The summed E-state index contributed by atoms with van der Waals surface area (Å²) in [6, 6.07) is 6.09. The van der Waals surface area contributed by atoms with Crippen LogP contribution in [-0.2, 0) is 16.1 Å². The third-order valence-corrected chi connectivity index (χ3v) is 3.73. The van der Waals surface area contributed by atoms with E-state index in [9.17, 15) is 13.6 Å². The minimum Gasteiger partial charge on any atom is -0.481 e. The lowest BCUT2D eigenvalue weighted by molar-refractivity contribution is -0.138. The van der Waals surface area contributed by atoms with Gasteiger partial charge in [-0.1, -0.05) is 38.1 Å². The predicted octanol–water partition coefficient (Wildman–Crippen LogP) is 3.94. The van der Waals surface area contributed by atoms with Crippen LogP contribution < -0.4 is 0 Å². The Morgan fingerprint density at radius 2 is 1.68 bits per heavy atom. The molecule has 0 aliphatic heterocycles. The zero-order valence-electron chi connectivity index (χ0n) is 11.1. The smallest absolute Gasteiger partial charge is 0.304 e. The van der Waals surface area contributed by atoms with E-state index < -0.39 is 23.2 Å². The highest BCUT2D eigenvalue weighted by atomic mass is 19.3. The number of halogens is 2. The fraction of sp³-hybridized carbons (Fsp3) is 0.533. The third-order valence-electron chi connectivity index (χ3n) is 3.73. The lowest BCUT2D eigenvalue weighted by Crippen LogP contribution is -2.22. The summed E-state index contributed by atoms with van der Waals surface area (Å²) in [5, 5.41) is 8.86. The van der Waals surface area contributed by atoms with E-state index >= 15 is 0 Å². The van der Waals surface area contributed by atoms with E-state index in [1.807, 2.05) is 0 Å². The number of hydrogen-bond donors (Lipinski definition) is 1. The van der Waals surface area contributed by atoms with Gasteiger partial charge in [-0.3, -0.25) is 4.79 Å². The number of carbonyl (C=O) groups is 1. The quantitative estimate of drug-likeness (QED) is 0.878. The first-order chi connectivity index (χ1) is 8.73. The van der Waals surface area contributed by atoms with Gasteiger partial charge in [0.15, 0.2) is 0 Å². The average Bonchev–Trinajstić information content (AvgIpc) is 3.11. The number of carboxylic acids is 1. The van der Waals surface area contributed by atoms with Gasteiger partial charge in [0.2, 0.25) is 0 Å². The number of benzene rings is 1. The van der Waals surface area contributed by atoms with Crippen molar-refractivity contribution in [3.63, 3.8) is 0 Å². The van der Waals surface area contributed by atoms with E-state index in [0.717, 1.165) is 5.56 Å². The van der Waals surface area contributed by atoms with E-state index in [-0.39, 0.29) is 12.0 Å². The Balaban J connectivity index is 2.20. The Morgan fingerprint density at radius 3 is 2.11 bits per heavy atom. The summed E-state index contributed by atoms with van der Waals surface area (Å²) >= 11 is 0. The van der Waals surface area contributed by atoms with Gasteiger partial charge in [-0.2, -0.15) is 0 Å². The second-order valence-corrected chi connectivity index (χ2v) is 5.93. The van der Waals surface area contributed by atoms with Crippen LogP contribution in [0.25, 0.3) is 0 Å². The molecule has 4 heteroatoms. The van der Waals surface area contributed by atoms with Crippen molar-refractivity contribution >= 4 is 5.97 Å². The molecule has 1 fully saturated rings. The van der Waals surface area contributed by atoms with Crippen LogP contribution >= 0.6 is 0 Å². The molecule has 0 radical (unpaired) electrons. The van der Waals surface area contributed by atoms with Gasteiger partial charge < -0.3 is 5.11 Å². The molecule has 0 spiro atoms. The Labute approximate surface area is 111 Å². The Kier molecular flexibility index (Phi) is 3.37. The van der Waals surface area contributed by atoms with Crippen molar-refractivity contribution in [3.05, 3.63) is 35.4 Å². The fourth-order valence-electron chi connectivity index (χ4n) is 2.31.